The summed E-state index contributed by atoms with van der Waals surface area (Å²) >= 11 is 0. The second-order valence-electron chi connectivity index (χ2n) is 4.85. The number of aliphatic hydroxyl groups is 1. The van der Waals surface area contributed by atoms with Crippen LogP contribution in [0.2, 0.25) is 0 Å². The molecule has 0 aromatic heterocycles. The minimum Gasteiger partial charge on any atom is -0.497 e. The number of benzene rings is 1. The topological polar surface area (TPSA) is 38.7 Å². The van der Waals surface area contributed by atoms with Crippen molar-refractivity contribution in [2.75, 3.05) is 7.11 Å². The Bertz CT molecular complexity index is 339. The van der Waals surface area contributed by atoms with Gasteiger partial charge in [-0.05, 0) is 52.0 Å². The average molecular weight is 238 g/mol. The normalized spacial score (nSPS) is 11.6. The number of hydrogen-bond donors (Lipinski definition) is 1. The summed E-state index contributed by atoms with van der Waals surface area (Å²) in [7, 11) is 1.62. The van der Waals surface area contributed by atoms with Crippen LogP contribution >= 0.6 is 0 Å². The maximum Gasteiger partial charge on any atom is 0.131 e. The van der Waals surface area contributed by atoms with Gasteiger partial charge in [-0.25, -0.2) is 0 Å². The molecule has 0 spiro atoms. The molecule has 0 aliphatic carbocycles. The van der Waals surface area contributed by atoms with Gasteiger partial charge in [0.15, 0.2) is 0 Å². The van der Waals surface area contributed by atoms with Crippen LogP contribution in [0.5, 0.6) is 11.5 Å². The summed E-state index contributed by atoms with van der Waals surface area (Å²) in [6, 6.07) is 7.31. The smallest absolute Gasteiger partial charge is 0.131 e. The summed E-state index contributed by atoms with van der Waals surface area (Å²) in [4.78, 5) is 0. The monoisotopic (exact) mass is 238 g/mol. The van der Waals surface area contributed by atoms with E-state index in [9.17, 15) is 5.11 Å². The highest BCUT2D eigenvalue weighted by molar-refractivity contribution is 5.75. The zero-order chi connectivity index (χ0) is 12.4. The van der Waals surface area contributed by atoms with Gasteiger partial charge in [-0.1, -0.05) is 0 Å². The molecule has 0 aliphatic rings. The SMILES string of the molecule is B.COc1ccc(OC(C)(C)C(C)(C)O)cc1. The quantitative estimate of drug-likeness (QED) is 0.806. The van der Waals surface area contributed by atoms with E-state index in [2.05, 4.69) is 0 Å². The summed E-state index contributed by atoms with van der Waals surface area (Å²) in [5.41, 5.74) is -1.56. The van der Waals surface area contributed by atoms with Crippen LogP contribution in [-0.4, -0.2) is 31.8 Å². The molecule has 1 aromatic carbocycles. The van der Waals surface area contributed by atoms with Crippen molar-refractivity contribution in [1.29, 1.82) is 0 Å². The first kappa shape index (κ1) is 15.8. The van der Waals surface area contributed by atoms with E-state index in [-0.39, 0.29) is 8.41 Å². The lowest BCUT2D eigenvalue weighted by Crippen LogP contribution is -2.49. The van der Waals surface area contributed by atoms with Gasteiger partial charge in [0.05, 0.1) is 21.1 Å². The van der Waals surface area contributed by atoms with E-state index >= 15 is 0 Å². The van der Waals surface area contributed by atoms with Gasteiger partial charge in [-0.2, -0.15) is 0 Å². The molecule has 1 rings (SSSR count). The van der Waals surface area contributed by atoms with Gasteiger partial charge in [0.1, 0.15) is 17.1 Å². The number of ether oxygens (including phenoxy) is 2. The highest BCUT2D eigenvalue weighted by Gasteiger charge is 2.37. The van der Waals surface area contributed by atoms with Gasteiger partial charge in [0, 0.05) is 0 Å². The molecule has 0 heterocycles. The zero-order valence-corrected chi connectivity index (χ0v) is 10.6. The summed E-state index contributed by atoms with van der Waals surface area (Å²) in [6.07, 6.45) is 0. The molecule has 96 valence electrons. The largest absolute Gasteiger partial charge is 0.497 e. The summed E-state index contributed by atoms with van der Waals surface area (Å²) < 4.78 is 10.8. The Labute approximate surface area is 105 Å². The predicted molar refractivity (Wildman–Crippen MR) is 73.9 cm³/mol. The van der Waals surface area contributed by atoms with E-state index in [0.717, 1.165) is 5.75 Å². The van der Waals surface area contributed by atoms with E-state index in [1.54, 1.807) is 21.0 Å². The van der Waals surface area contributed by atoms with Crippen molar-refractivity contribution >= 4 is 8.41 Å². The fraction of sp³-hybridized carbons (Fsp3) is 0.538. The maximum absolute atomic E-state index is 9.96. The second-order valence-corrected chi connectivity index (χ2v) is 4.85. The van der Waals surface area contributed by atoms with Crippen LogP contribution in [0.1, 0.15) is 27.7 Å². The van der Waals surface area contributed by atoms with E-state index in [1.807, 2.05) is 38.1 Å². The van der Waals surface area contributed by atoms with Crippen molar-refractivity contribution < 1.29 is 14.6 Å². The van der Waals surface area contributed by atoms with Crippen LogP contribution in [0.4, 0.5) is 0 Å². The van der Waals surface area contributed by atoms with Crippen molar-refractivity contribution in [3.05, 3.63) is 24.3 Å². The Morgan fingerprint density at radius 1 is 0.941 bits per heavy atom. The average Bonchev–Trinajstić information content (AvgIpc) is 2.16. The first-order valence-corrected chi connectivity index (χ1v) is 5.32. The molecule has 0 radical (unpaired) electrons. The Hall–Kier alpha value is -1.16. The molecule has 1 aromatic rings. The first-order valence-electron chi connectivity index (χ1n) is 5.32. The molecule has 0 atom stereocenters. The van der Waals surface area contributed by atoms with Crippen molar-refractivity contribution in [1.82, 2.24) is 0 Å². The van der Waals surface area contributed by atoms with E-state index < -0.39 is 11.2 Å². The van der Waals surface area contributed by atoms with E-state index in [1.165, 1.54) is 0 Å². The minimum absolute atomic E-state index is 0. The summed E-state index contributed by atoms with van der Waals surface area (Å²) in [5.74, 6) is 1.50. The van der Waals surface area contributed by atoms with E-state index in [4.69, 9.17) is 9.47 Å². The fourth-order valence-electron chi connectivity index (χ4n) is 1.06. The zero-order valence-electron chi connectivity index (χ0n) is 10.6. The van der Waals surface area contributed by atoms with Crippen LogP contribution in [-0.2, 0) is 0 Å². The van der Waals surface area contributed by atoms with Crippen molar-refractivity contribution in [3.8, 4) is 11.5 Å². The molecule has 0 aliphatic heterocycles. The van der Waals surface area contributed by atoms with Crippen LogP contribution in [0.3, 0.4) is 0 Å². The highest BCUT2D eigenvalue weighted by Crippen LogP contribution is 2.28. The van der Waals surface area contributed by atoms with Crippen molar-refractivity contribution in [2.45, 2.75) is 38.9 Å². The van der Waals surface area contributed by atoms with Crippen LogP contribution in [0.25, 0.3) is 0 Å². The van der Waals surface area contributed by atoms with Crippen LogP contribution < -0.4 is 9.47 Å². The molecule has 0 amide bonds. The molecule has 3 nitrogen and oxygen atoms in total. The number of hydrogen-bond acceptors (Lipinski definition) is 3. The Morgan fingerprint density at radius 2 is 1.35 bits per heavy atom. The first-order chi connectivity index (χ1) is 7.26. The number of methoxy groups -OCH3 is 1. The summed E-state index contributed by atoms with van der Waals surface area (Å²) in [6.45, 7) is 7.18. The van der Waals surface area contributed by atoms with Gasteiger partial charge in [-0.3, -0.25) is 0 Å². The summed E-state index contributed by atoms with van der Waals surface area (Å²) in [5, 5.41) is 9.96. The van der Waals surface area contributed by atoms with Gasteiger partial charge in [-0.15, -0.1) is 0 Å². The molecule has 17 heavy (non-hydrogen) atoms. The van der Waals surface area contributed by atoms with Crippen LogP contribution in [0, 0.1) is 0 Å². The van der Waals surface area contributed by atoms with Crippen LogP contribution in [0.15, 0.2) is 24.3 Å². The Morgan fingerprint density at radius 3 is 1.71 bits per heavy atom. The third-order valence-corrected chi connectivity index (χ3v) is 2.91. The van der Waals surface area contributed by atoms with Gasteiger partial charge in [0.25, 0.3) is 0 Å². The Kier molecular flexibility index (Phi) is 5.08. The molecular weight excluding hydrogens is 215 g/mol. The standard InChI is InChI=1S/C13H20O3.BH3/c1-12(2,14)13(3,4)16-11-8-6-10(15-5)7-9-11;/h6-9,14H,1-5H3;1H3. The third kappa shape index (κ3) is 3.97. The van der Waals surface area contributed by atoms with Gasteiger partial charge >= 0.3 is 0 Å². The third-order valence-electron chi connectivity index (χ3n) is 2.91. The molecule has 4 heteroatoms. The lowest BCUT2D eigenvalue weighted by Gasteiger charge is -2.37. The molecule has 0 saturated carbocycles. The molecule has 0 fully saturated rings. The molecule has 0 saturated heterocycles. The maximum atomic E-state index is 9.96. The molecule has 1 N–H and O–H groups in total. The highest BCUT2D eigenvalue weighted by atomic mass is 16.5. The predicted octanol–water partition coefficient (Wildman–Crippen LogP) is 1.44. The lowest BCUT2D eigenvalue weighted by atomic mass is 9.89. The number of rotatable bonds is 4. The van der Waals surface area contributed by atoms with E-state index in [0.29, 0.717) is 5.75 Å². The molecular formula is C13H23BO3. The van der Waals surface area contributed by atoms with Gasteiger partial charge < -0.3 is 14.6 Å². The lowest BCUT2D eigenvalue weighted by molar-refractivity contribution is -0.0906. The minimum atomic E-state index is -0.910. The van der Waals surface area contributed by atoms with Crippen molar-refractivity contribution in [3.63, 3.8) is 0 Å². The van der Waals surface area contributed by atoms with Crippen molar-refractivity contribution in [2.24, 2.45) is 0 Å². The van der Waals surface area contributed by atoms with Gasteiger partial charge in [0.2, 0.25) is 0 Å². The Balaban J connectivity index is 0.00000256. The molecule has 0 bridgehead atoms. The molecule has 0 unspecified atom stereocenters. The second kappa shape index (κ2) is 5.45. The fourth-order valence-corrected chi connectivity index (χ4v) is 1.06.